The Morgan fingerprint density at radius 3 is 2.33 bits per heavy atom. The number of benzene rings is 1. The maximum atomic E-state index is 13.2. The van der Waals surface area contributed by atoms with Crippen molar-refractivity contribution in [1.29, 1.82) is 0 Å². The van der Waals surface area contributed by atoms with Crippen LogP contribution < -0.4 is 11.5 Å². The van der Waals surface area contributed by atoms with Crippen molar-refractivity contribution in [3.63, 3.8) is 0 Å². The molecule has 0 bridgehead atoms. The van der Waals surface area contributed by atoms with Gasteiger partial charge in [-0.05, 0) is 31.0 Å². The van der Waals surface area contributed by atoms with E-state index in [1.165, 1.54) is 12.1 Å². The maximum absolute atomic E-state index is 13.2. The van der Waals surface area contributed by atoms with E-state index in [0.717, 1.165) is 6.07 Å². The summed E-state index contributed by atoms with van der Waals surface area (Å²) in [6.07, 6.45) is -3.95. The lowest BCUT2D eigenvalue weighted by Gasteiger charge is -2.18. The van der Waals surface area contributed by atoms with Crippen molar-refractivity contribution in [3.05, 3.63) is 35.1 Å². The average Bonchev–Trinajstić information content (AvgIpc) is 2.23. The van der Waals surface area contributed by atoms with Crippen LogP contribution in [0.5, 0.6) is 0 Å². The first kappa shape index (κ1) is 17.2. The molecule has 1 aromatic carbocycles. The van der Waals surface area contributed by atoms with Gasteiger partial charge in [-0.2, -0.15) is 13.2 Å². The van der Waals surface area contributed by atoms with E-state index in [0.29, 0.717) is 19.4 Å². The molecule has 0 amide bonds. The highest BCUT2D eigenvalue weighted by Gasteiger charge is 2.37. The summed E-state index contributed by atoms with van der Waals surface area (Å²) < 4.78 is 51.2. The van der Waals surface area contributed by atoms with Crippen molar-refractivity contribution in [1.82, 2.24) is 0 Å². The van der Waals surface area contributed by atoms with E-state index in [9.17, 15) is 17.6 Å². The van der Waals surface area contributed by atoms with Gasteiger partial charge in [0, 0.05) is 6.04 Å². The molecule has 1 aromatic rings. The molecule has 104 valence electrons. The van der Waals surface area contributed by atoms with Crippen LogP contribution in [0.1, 0.15) is 30.0 Å². The van der Waals surface area contributed by atoms with E-state index in [1.54, 1.807) is 0 Å². The first-order valence-electron chi connectivity index (χ1n) is 5.19. The van der Waals surface area contributed by atoms with Gasteiger partial charge in [-0.15, -0.1) is 12.4 Å². The summed E-state index contributed by atoms with van der Waals surface area (Å²) in [6, 6.07) is 2.35. The minimum Gasteiger partial charge on any atom is -0.330 e. The normalized spacial score (nSPS) is 13.0. The Hall–Kier alpha value is -0.850. The van der Waals surface area contributed by atoms with Crippen LogP contribution in [-0.4, -0.2) is 6.54 Å². The molecule has 0 fully saturated rings. The monoisotopic (exact) mass is 286 g/mol. The largest absolute Gasteiger partial charge is 0.419 e. The van der Waals surface area contributed by atoms with Crippen LogP contribution in [-0.2, 0) is 6.18 Å². The van der Waals surface area contributed by atoms with Crippen LogP contribution in [0.4, 0.5) is 17.6 Å². The number of hydrogen-bond donors (Lipinski definition) is 2. The van der Waals surface area contributed by atoms with E-state index in [2.05, 4.69) is 0 Å². The van der Waals surface area contributed by atoms with Gasteiger partial charge in [0.1, 0.15) is 5.82 Å². The second-order valence-electron chi connectivity index (χ2n) is 3.74. The van der Waals surface area contributed by atoms with Crippen molar-refractivity contribution in [2.75, 3.05) is 6.54 Å². The average molecular weight is 287 g/mol. The van der Waals surface area contributed by atoms with Crippen molar-refractivity contribution < 1.29 is 17.6 Å². The minimum atomic E-state index is -4.74. The van der Waals surface area contributed by atoms with Gasteiger partial charge in [-0.25, -0.2) is 4.39 Å². The van der Waals surface area contributed by atoms with Gasteiger partial charge in [0.2, 0.25) is 0 Å². The van der Waals surface area contributed by atoms with E-state index in [1.807, 2.05) is 0 Å². The standard InChI is InChI=1S/C11H14F4N2.ClH/c12-8-4-1-3-7(9(17)5-2-6-16)10(8)11(13,14)15;/h1,3-4,9H,2,5-6,16-17H2;1H/t9-;/m1./s1. The molecule has 0 radical (unpaired) electrons. The molecule has 0 saturated carbocycles. The van der Waals surface area contributed by atoms with Crippen LogP contribution in [0.2, 0.25) is 0 Å². The third-order valence-electron chi connectivity index (χ3n) is 2.45. The van der Waals surface area contributed by atoms with Crippen molar-refractivity contribution in [2.45, 2.75) is 25.1 Å². The number of nitrogens with two attached hydrogens (primary N) is 2. The Balaban J connectivity index is 0.00000289. The molecule has 2 nitrogen and oxygen atoms in total. The van der Waals surface area contributed by atoms with Crippen molar-refractivity contribution in [3.8, 4) is 0 Å². The molecule has 0 aliphatic carbocycles. The Morgan fingerprint density at radius 2 is 1.83 bits per heavy atom. The maximum Gasteiger partial charge on any atom is 0.419 e. The van der Waals surface area contributed by atoms with Gasteiger partial charge in [-0.3, -0.25) is 0 Å². The fourth-order valence-electron chi connectivity index (χ4n) is 1.64. The molecule has 0 spiro atoms. The predicted octanol–water partition coefficient (Wildman–Crippen LogP) is 3.01. The lowest BCUT2D eigenvalue weighted by Crippen LogP contribution is -2.20. The molecule has 0 heterocycles. The van der Waals surface area contributed by atoms with Gasteiger partial charge in [0.15, 0.2) is 0 Å². The van der Waals surface area contributed by atoms with Gasteiger partial charge >= 0.3 is 6.18 Å². The molecule has 0 aliphatic rings. The zero-order chi connectivity index (χ0) is 13.1. The first-order chi connectivity index (χ1) is 7.88. The Labute approximate surface area is 109 Å². The second kappa shape index (κ2) is 6.92. The molecular formula is C11H15ClF4N2. The zero-order valence-corrected chi connectivity index (χ0v) is 10.3. The minimum absolute atomic E-state index is 0. The molecule has 0 saturated heterocycles. The molecule has 1 rings (SSSR count). The smallest absolute Gasteiger partial charge is 0.330 e. The first-order valence-corrected chi connectivity index (χ1v) is 5.19. The van der Waals surface area contributed by atoms with Crippen LogP contribution in [0.25, 0.3) is 0 Å². The Morgan fingerprint density at radius 1 is 1.22 bits per heavy atom. The highest BCUT2D eigenvalue weighted by molar-refractivity contribution is 5.85. The van der Waals surface area contributed by atoms with Gasteiger partial charge in [0.25, 0.3) is 0 Å². The van der Waals surface area contributed by atoms with Gasteiger partial charge < -0.3 is 11.5 Å². The zero-order valence-electron chi connectivity index (χ0n) is 9.51. The summed E-state index contributed by atoms with van der Waals surface area (Å²) >= 11 is 0. The summed E-state index contributed by atoms with van der Waals surface area (Å²) in [5.74, 6) is -1.29. The van der Waals surface area contributed by atoms with Crippen LogP contribution in [0, 0.1) is 5.82 Å². The molecule has 0 aliphatic heterocycles. The molecule has 1 atom stereocenters. The van der Waals surface area contributed by atoms with E-state index in [4.69, 9.17) is 11.5 Å². The SMILES string of the molecule is Cl.NCCC[C@@H](N)c1cccc(F)c1C(F)(F)F. The van der Waals surface area contributed by atoms with Gasteiger partial charge in [-0.1, -0.05) is 12.1 Å². The number of halogens is 5. The fourth-order valence-corrected chi connectivity index (χ4v) is 1.64. The van der Waals surface area contributed by atoms with Crippen molar-refractivity contribution >= 4 is 12.4 Å². The van der Waals surface area contributed by atoms with E-state index in [-0.39, 0.29) is 18.0 Å². The third-order valence-corrected chi connectivity index (χ3v) is 2.45. The summed E-state index contributed by atoms with van der Waals surface area (Å²) in [5.41, 5.74) is 9.39. The molecule has 7 heteroatoms. The number of hydrogen-bond acceptors (Lipinski definition) is 2. The highest BCUT2D eigenvalue weighted by atomic mass is 35.5. The highest BCUT2D eigenvalue weighted by Crippen LogP contribution is 2.36. The molecule has 18 heavy (non-hydrogen) atoms. The number of rotatable bonds is 4. The predicted molar refractivity (Wildman–Crippen MR) is 63.9 cm³/mol. The lowest BCUT2D eigenvalue weighted by atomic mass is 9.96. The third kappa shape index (κ3) is 4.12. The summed E-state index contributed by atoms with van der Waals surface area (Å²) in [6.45, 7) is 0.338. The Kier molecular flexibility index (Phi) is 6.59. The summed E-state index contributed by atoms with van der Waals surface area (Å²) in [4.78, 5) is 0. The Bertz CT molecular complexity index is 382. The van der Waals surface area contributed by atoms with E-state index < -0.39 is 23.6 Å². The van der Waals surface area contributed by atoms with Crippen molar-refractivity contribution in [2.24, 2.45) is 11.5 Å². The second-order valence-corrected chi connectivity index (χ2v) is 3.74. The summed E-state index contributed by atoms with van der Waals surface area (Å²) in [7, 11) is 0. The van der Waals surface area contributed by atoms with E-state index >= 15 is 0 Å². The topological polar surface area (TPSA) is 52.0 Å². The van der Waals surface area contributed by atoms with Crippen LogP contribution >= 0.6 is 12.4 Å². The molecule has 0 unspecified atom stereocenters. The van der Waals surface area contributed by atoms with Crippen LogP contribution in [0.15, 0.2) is 18.2 Å². The molecule has 0 aromatic heterocycles. The van der Waals surface area contributed by atoms with Crippen LogP contribution in [0.3, 0.4) is 0 Å². The molecule has 4 N–H and O–H groups in total. The summed E-state index contributed by atoms with van der Waals surface area (Å²) in [5, 5.41) is 0. The molecular weight excluding hydrogens is 272 g/mol. The fraction of sp³-hybridized carbons (Fsp3) is 0.455. The number of alkyl halides is 3. The quantitative estimate of drug-likeness (QED) is 0.836. The van der Waals surface area contributed by atoms with Gasteiger partial charge in [0.05, 0.1) is 5.56 Å². The lowest BCUT2D eigenvalue weighted by molar-refractivity contribution is -0.140.